The summed E-state index contributed by atoms with van der Waals surface area (Å²) < 4.78 is 5.57. The molecule has 0 saturated heterocycles. The second kappa shape index (κ2) is 4.34. The fourth-order valence-electron chi connectivity index (χ4n) is 1.98. The van der Waals surface area contributed by atoms with Crippen LogP contribution >= 0.6 is 0 Å². The van der Waals surface area contributed by atoms with E-state index in [1.54, 1.807) is 0 Å². The van der Waals surface area contributed by atoms with E-state index in [2.05, 4.69) is 0 Å². The summed E-state index contributed by atoms with van der Waals surface area (Å²) in [5, 5.41) is 8.76. The Labute approximate surface area is 88.7 Å². The predicted molar refractivity (Wildman–Crippen MR) is 56.0 cm³/mol. The number of aliphatic carboxylic acids is 1. The number of para-hydroxylation sites is 1. The number of fused-ring (bicyclic) bond motifs is 1. The van der Waals surface area contributed by atoms with Gasteiger partial charge >= 0.3 is 5.97 Å². The van der Waals surface area contributed by atoms with Crippen LogP contribution in [0, 0.1) is 5.92 Å². The summed E-state index contributed by atoms with van der Waals surface area (Å²) in [6.07, 6.45) is 1.86. The first-order valence-corrected chi connectivity index (χ1v) is 5.18. The zero-order valence-corrected chi connectivity index (χ0v) is 8.48. The molecule has 1 atom stereocenters. The average molecular weight is 206 g/mol. The molecule has 3 heteroatoms. The highest BCUT2D eigenvalue weighted by Crippen LogP contribution is 2.27. The molecule has 0 saturated carbocycles. The van der Waals surface area contributed by atoms with Crippen LogP contribution in [-0.4, -0.2) is 17.7 Å². The second-order valence-corrected chi connectivity index (χ2v) is 3.91. The quantitative estimate of drug-likeness (QED) is 0.806. The normalized spacial score (nSPS) is 19.9. The Kier molecular flexibility index (Phi) is 2.90. The monoisotopic (exact) mass is 206 g/mol. The van der Waals surface area contributed by atoms with Gasteiger partial charge < -0.3 is 9.84 Å². The van der Waals surface area contributed by atoms with E-state index in [1.807, 2.05) is 24.3 Å². The Morgan fingerprint density at radius 2 is 2.27 bits per heavy atom. The number of carboxylic acid groups (broad SMARTS) is 1. The van der Waals surface area contributed by atoms with Gasteiger partial charge in [-0.15, -0.1) is 0 Å². The number of rotatable bonds is 2. The lowest BCUT2D eigenvalue weighted by atomic mass is 9.94. The van der Waals surface area contributed by atoms with Gasteiger partial charge in [0.15, 0.2) is 0 Å². The molecule has 1 heterocycles. The molecule has 0 aromatic heterocycles. The molecule has 0 bridgehead atoms. The summed E-state index contributed by atoms with van der Waals surface area (Å²) in [7, 11) is 0. The van der Waals surface area contributed by atoms with Crippen LogP contribution in [0.3, 0.4) is 0 Å². The van der Waals surface area contributed by atoms with E-state index in [4.69, 9.17) is 9.84 Å². The van der Waals surface area contributed by atoms with Crippen molar-refractivity contribution in [3.63, 3.8) is 0 Å². The van der Waals surface area contributed by atoms with E-state index in [0.717, 1.165) is 24.2 Å². The van der Waals surface area contributed by atoms with Crippen LogP contribution in [0.1, 0.15) is 18.4 Å². The van der Waals surface area contributed by atoms with Gasteiger partial charge in [0.1, 0.15) is 5.75 Å². The molecule has 80 valence electrons. The van der Waals surface area contributed by atoms with Gasteiger partial charge in [-0.1, -0.05) is 18.2 Å². The molecule has 0 amide bonds. The first kappa shape index (κ1) is 10.0. The van der Waals surface area contributed by atoms with Crippen LogP contribution in [-0.2, 0) is 11.2 Å². The third kappa shape index (κ3) is 2.49. The highest BCUT2D eigenvalue weighted by Gasteiger charge is 2.19. The number of hydrogen-bond donors (Lipinski definition) is 1. The second-order valence-electron chi connectivity index (χ2n) is 3.91. The SMILES string of the molecule is O=C(O)CC1CCOc2ccccc2C1. The van der Waals surface area contributed by atoms with Crippen molar-refractivity contribution in [2.24, 2.45) is 5.92 Å². The van der Waals surface area contributed by atoms with E-state index in [9.17, 15) is 4.79 Å². The first-order chi connectivity index (χ1) is 7.25. The van der Waals surface area contributed by atoms with Gasteiger partial charge in [-0.25, -0.2) is 0 Å². The van der Waals surface area contributed by atoms with E-state index in [-0.39, 0.29) is 12.3 Å². The number of benzene rings is 1. The third-order valence-corrected chi connectivity index (χ3v) is 2.73. The molecule has 0 spiro atoms. The van der Waals surface area contributed by atoms with Gasteiger partial charge in [-0.2, -0.15) is 0 Å². The van der Waals surface area contributed by atoms with Crippen LogP contribution in [0.4, 0.5) is 0 Å². The molecule has 1 aliphatic heterocycles. The van der Waals surface area contributed by atoms with Gasteiger partial charge in [0.25, 0.3) is 0 Å². The van der Waals surface area contributed by atoms with Crippen molar-refractivity contribution in [3.05, 3.63) is 29.8 Å². The van der Waals surface area contributed by atoms with Gasteiger partial charge in [-0.3, -0.25) is 4.79 Å². The first-order valence-electron chi connectivity index (χ1n) is 5.18. The van der Waals surface area contributed by atoms with Gasteiger partial charge in [-0.05, 0) is 30.4 Å². The molecule has 1 aromatic rings. The van der Waals surface area contributed by atoms with Crippen LogP contribution in [0.25, 0.3) is 0 Å². The Balaban J connectivity index is 2.13. The van der Waals surface area contributed by atoms with E-state index < -0.39 is 5.97 Å². The van der Waals surface area contributed by atoms with Crippen molar-refractivity contribution >= 4 is 5.97 Å². The standard InChI is InChI=1S/C12H14O3/c13-12(14)8-9-5-6-15-11-4-2-1-3-10(11)7-9/h1-4,9H,5-8H2,(H,13,14). The fraction of sp³-hybridized carbons (Fsp3) is 0.417. The van der Waals surface area contributed by atoms with Crippen molar-refractivity contribution in [3.8, 4) is 5.75 Å². The predicted octanol–water partition coefficient (Wildman–Crippen LogP) is 2.10. The molecule has 0 radical (unpaired) electrons. The summed E-state index contributed by atoms with van der Waals surface area (Å²) in [6.45, 7) is 0.620. The smallest absolute Gasteiger partial charge is 0.303 e. The minimum Gasteiger partial charge on any atom is -0.493 e. The summed E-state index contributed by atoms with van der Waals surface area (Å²) in [5.41, 5.74) is 1.13. The molecule has 1 aromatic carbocycles. The van der Waals surface area contributed by atoms with Crippen LogP contribution in [0.2, 0.25) is 0 Å². The highest BCUT2D eigenvalue weighted by atomic mass is 16.5. The minimum absolute atomic E-state index is 0.200. The molecule has 15 heavy (non-hydrogen) atoms. The van der Waals surface area contributed by atoms with Crippen molar-refractivity contribution in [1.82, 2.24) is 0 Å². The maximum atomic E-state index is 10.7. The minimum atomic E-state index is -0.723. The van der Waals surface area contributed by atoms with E-state index in [1.165, 1.54) is 0 Å². The zero-order valence-electron chi connectivity index (χ0n) is 8.48. The molecule has 1 N–H and O–H groups in total. The van der Waals surface area contributed by atoms with Gasteiger partial charge in [0.2, 0.25) is 0 Å². The number of carbonyl (C=O) groups is 1. The largest absolute Gasteiger partial charge is 0.493 e. The van der Waals surface area contributed by atoms with E-state index >= 15 is 0 Å². The highest BCUT2D eigenvalue weighted by molar-refractivity contribution is 5.67. The molecular formula is C12H14O3. The fourth-order valence-corrected chi connectivity index (χ4v) is 1.98. The summed E-state index contributed by atoms with van der Waals surface area (Å²) in [6, 6.07) is 7.86. The van der Waals surface area contributed by atoms with Crippen molar-refractivity contribution in [2.75, 3.05) is 6.61 Å². The Hall–Kier alpha value is -1.51. The number of hydrogen-bond acceptors (Lipinski definition) is 2. The van der Waals surface area contributed by atoms with Gasteiger partial charge in [0, 0.05) is 6.42 Å². The maximum absolute atomic E-state index is 10.7. The number of carboxylic acids is 1. The van der Waals surface area contributed by atoms with Crippen LogP contribution < -0.4 is 4.74 Å². The molecule has 3 nitrogen and oxygen atoms in total. The van der Waals surface area contributed by atoms with Crippen molar-refractivity contribution < 1.29 is 14.6 Å². The average Bonchev–Trinajstić information content (AvgIpc) is 2.38. The lowest BCUT2D eigenvalue weighted by molar-refractivity contribution is -0.138. The maximum Gasteiger partial charge on any atom is 0.303 e. The van der Waals surface area contributed by atoms with Gasteiger partial charge in [0.05, 0.1) is 6.61 Å². The molecule has 1 aliphatic rings. The summed E-state index contributed by atoms with van der Waals surface area (Å²) >= 11 is 0. The zero-order chi connectivity index (χ0) is 10.7. The molecular weight excluding hydrogens is 192 g/mol. The molecule has 1 unspecified atom stereocenters. The molecule has 2 rings (SSSR count). The Morgan fingerprint density at radius 1 is 1.47 bits per heavy atom. The lowest BCUT2D eigenvalue weighted by Gasteiger charge is -2.09. The molecule has 0 fully saturated rings. The Morgan fingerprint density at radius 3 is 3.07 bits per heavy atom. The van der Waals surface area contributed by atoms with Crippen molar-refractivity contribution in [2.45, 2.75) is 19.3 Å². The topological polar surface area (TPSA) is 46.5 Å². The number of ether oxygens (including phenoxy) is 1. The van der Waals surface area contributed by atoms with Crippen LogP contribution in [0.5, 0.6) is 5.75 Å². The summed E-state index contributed by atoms with van der Waals surface area (Å²) in [4.78, 5) is 10.7. The van der Waals surface area contributed by atoms with Crippen molar-refractivity contribution in [1.29, 1.82) is 0 Å². The summed E-state index contributed by atoms with van der Waals surface area (Å²) in [5.74, 6) is 0.385. The Bertz CT molecular complexity index is 360. The molecule has 0 aliphatic carbocycles. The van der Waals surface area contributed by atoms with Crippen LogP contribution in [0.15, 0.2) is 24.3 Å². The third-order valence-electron chi connectivity index (χ3n) is 2.73. The van der Waals surface area contributed by atoms with E-state index in [0.29, 0.717) is 6.61 Å². The lowest BCUT2D eigenvalue weighted by Crippen LogP contribution is -2.11.